The van der Waals surface area contributed by atoms with Crippen LogP contribution in [0.25, 0.3) is 5.76 Å². The number of halogens is 1. The van der Waals surface area contributed by atoms with Gasteiger partial charge in [0.15, 0.2) is 0 Å². The molecule has 4 rings (SSSR count). The van der Waals surface area contributed by atoms with E-state index >= 15 is 0 Å². The van der Waals surface area contributed by atoms with Crippen LogP contribution in [-0.4, -0.2) is 82.8 Å². The number of likely N-dealkylation sites (tertiary alicyclic amines) is 1. The van der Waals surface area contributed by atoms with Crippen LogP contribution in [-0.2, 0) is 24.3 Å². The quantitative estimate of drug-likeness (QED) is 0.285. The first-order valence-corrected chi connectivity index (χ1v) is 13.9. The highest BCUT2D eigenvalue weighted by Crippen LogP contribution is 2.39. The predicted octanol–water partition coefficient (Wildman–Crippen LogP) is 0.120. The van der Waals surface area contributed by atoms with Crippen LogP contribution in [0.4, 0.5) is 0 Å². The minimum atomic E-state index is -3.68. The van der Waals surface area contributed by atoms with Crippen molar-refractivity contribution in [3.8, 4) is 0 Å². The van der Waals surface area contributed by atoms with Crippen LogP contribution < -0.4 is 10.0 Å². The Bertz CT molecular complexity index is 1290. The molecule has 0 bridgehead atoms. The van der Waals surface area contributed by atoms with E-state index in [1.165, 1.54) is 48.2 Å². The van der Waals surface area contributed by atoms with Crippen molar-refractivity contribution in [3.63, 3.8) is 0 Å². The minimum Gasteiger partial charge on any atom is -0.872 e. The first-order valence-electron chi connectivity index (χ1n) is 12.1. The van der Waals surface area contributed by atoms with Crippen molar-refractivity contribution >= 4 is 39.1 Å². The van der Waals surface area contributed by atoms with Gasteiger partial charge in [0.1, 0.15) is 13.1 Å². The van der Waals surface area contributed by atoms with Gasteiger partial charge in [-0.1, -0.05) is 41.6 Å². The fourth-order valence-corrected chi connectivity index (χ4v) is 5.67. The van der Waals surface area contributed by atoms with E-state index < -0.39 is 33.5 Å². The van der Waals surface area contributed by atoms with Gasteiger partial charge in [0.25, 0.3) is 5.91 Å². The number of benzene rings is 2. The summed E-state index contributed by atoms with van der Waals surface area (Å²) in [6.45, 7) is 4.32. The van der Waals surface area contributed by atoms with Crippen LogP contribution in [0, 0.1) is 0 Å². The molecule has 2 heterocycles. The molecule has 0 aromatic heterocycles. The van der Waals surface area contributed by atoms with Crippen molar-refractivity contribution in [2.75, 3.05) is 53.5 Å². The molecule has 2 saturated heterocycles. The molecular formula is C26H30ClN3O6S. The van der Waals surface area contributed by atoms with Crippen molar-refractivity contribution < 1.29 is 32.8 Å². The average Bonchev–Trinajstić information content (AvgIpc) is 3.14. The van der Waals surface area contributed by atoms with E-state index in [1.54, 1.807) is 24.3 Å². The number of ether oxygens (including phenoxy) is 1. The zero-order valence-corrected chi connectivity index (χ0v) is 22.3. The summed E-state index contributed by atoms with van der Waals surface area (Å²) in [7, 11) is -0.849. The van der Waals surface area contributed by atoms with Crippen LogP contribution in [0.5, 0.6) is 0 Å². The molecule has 0 radical (unpaired) electrons. The SMILES string of the molecule is CN(C)S(=O)(=O)c1ccc(C([O-])=C2C(=O)C(=O)N(CCC[NH+]3CCOCC3)C2c2ccc(Cl)cc2)cc1. The first-order chi connectivity index (χ1) is 17.6. The number of ketones is 1. The van der Waals surface area contributed by atoms with E-state index in [0.29, 0.717) is 36.8 Å². The number of morpholine rings is 1. The number of Topliss-reactive ketones (excluding diaryl/α,β-unsaturated/α-hetero) is 1. The van der Waals surface area contributed by atoms with E-state index in [-0.39, 0.29) is 16.0 Å². The Morgan fingerprint density at radius 3 is 2.30 bits per heavy atom. The molecule has 198 valence electrons. The summed E-state index contributed by atoms with van der Waals surface area (Å²) in [5.74, 6) is -2.16. The second kappa shape index (κ2) is 11.3. The Hall–Kier alpha value is -2.76. The second-order valence-electron chi connectivity index (χ2n) is 9.30. The number of hydrogen-bond acceptors (Lipinski definition) is 6. The Morgan fingerprint density at radius 1 is 1.08 bits per heavy atom. The smallest absolute Gasteiger partial charge is 0.295 e. The molecule has 0 saturated carbocycles. The summed E-state index contributed by atoms with van der Waals surface area (Å²) >= 11 is 6.06. The van der Waals surface area contributed by atoms with E-state index in [4.69, 9.17) is 16.3 Å². The fraction of sp³-hybridized carbons (Fsp3) is 0.385. The second-order valence-corrected chi connectivity index (χ2v) is 11.9. The highest BCUT2D eigenvalue weighted by Gasteiger charge is 2.44. The number of nitrogens with one attached hydrogen (secondary N) is 1. The predicted molar refractivity (Wildman–Crippen MR) is 136 cm³/mol. The van der Waals surface area contributed by atoms with Crippen LogP contribution >= 0.6 is 11.6 Å². The van der Waals surface area contributed by atoms with E-state index in [9.17, 15) is 23.1 Å². The third-order valence-corrected chi connectivity index (χ3v) is 8.82. The van der Waals surface area contributed by atoms with Crippen molar-refractivity contribution in [1.82, 2.24) is 9.21 Å². The van der Waals surface area contributed by atoms with Crippen LogP contribution in [0.15, 0.2) is 59.0 Å². The average molecular weight is 548 g/mol. The van der Waals surface area contributed by atoms with Crippen LogP contribution in [0.3, 0.4) is 0 Å². The lowest BCUT2D eigenvalue weighted by Gasteiger charge is -2.29. The molecule has 2 fully saturated rings. The maximum Gasteiger partial charge on any atom is 0.295 e. The molecule has 2 aliphatic heterocycles. The molecule has 1 N–H and O–H groups in total. The summed E-state index contributed by atoms with van der Waals surface area (Å²) in [5.41, 5.74) is 0.596. The molecule has 9 nitrogen and oxygen atoms in total. The summed E-state index contributed by atoms with van der Waals surface area (Å²) in [4.78, 5) is 29.1. The largest absolute Gasteiger partial charge is 0.872 e. The summed E-state index contributed by atoms with van der Waals surface area (Å²) in [5, 5.41) is 14.1. The lowest BCUT2D eigenvalue weighted by atomic mass is 9.95. The summed E-state index contributed by atoms with van der Waals surface area (Å²) in [6.07, 6.45) is 0.664. The fourth-order valence-electron chi connectivity index (χ4n) is 4.65. The Balaban J connectivity index is 1.68. The Kier molecular flexibility index (Phi) is 8.35. The van der Waals surface area contributed by atoms with Gasteiger partial charge < -0.3 is 19.6 Å². The molecule has 37 heavy (non-hydrogen) atoms. The van der Waals surface area contributed by atoms with Crippen molar-refractivity contribution in [1.29, 1.82) is 0 Å². The Labute approximate surface area is 221 Å². The van der Waals surface area contributed by atoms with E-state index in [0.717, 1.165) is 23.9 Å². The highest BCUT2D eigenvalue weighted by molar-refractivity contribution is 7.89. The van der Waals surface area contributed by atoms with Gasteiger partial charge in [0, 0.05) is 37.7 Å². The van der Waals surface area contributed by atoms with Crippen molar-refractivity contribution in [2.45, 2.75) is 17.4 Å². The monoisotopic (exact) mass is 547 g/mol. The number of hydrogen-bond donors (Lipinski definition) is 1. The summed E-state index contributed by atoms with van der Waals surface area (Å²) < 4.78 is 31.3. The van der Waals surface area contributed by atoms with Crippen molar-refractivity contribution in [3.05, 3.63) is 70.3 Å². The number of amides is 1. The lowest BCUT2D eigenvalue weighted by Crippen LogP contribution is -3.14. The Morgan fingerprint density at radius 2 is 1.70 bits per heavy atom. The molecule has 11 heteroatoms. The topological polar surface area (TPSA) is 111 Å². The molecule has 2 aliphatic rings. The number of quaternary nitrogens is 1. The van der Waals surface area contributed by atoms with Gasteiger partial charge in [0.05, 0.1) is 30.7 Å². The van der Waals surface area contributed by atoms with Gasteiger partial charge in [-0.15, -0.1) is 0 Å². The third kappa shape index (κ3) is 5.73. The minimum absolute atomic E-state index is 0.0226. The number of rotatable bonds is 8. The van der Waals surface area contributed by atoms with Crippen LogP contribution in [0.2, 0.25) is 5.02 Å². The lowest BCUT2D eigenvalue weighted by molar-refractivity contribution is -0.908. The molecule has 0 spiro atoms. The number of nitrogens with zero attached hydrogens (tertiary/aromatic N) is 2. The van der Waals surface area contributed by atoms with Gasteiger partial charge in [-0.2, -0.15) is 0 Å². The van der Waals surface area contributed by atoms with Gasteiger partial charge in [0.2, 0.25) is 15.8 Å². The van der Waals surface area contributed by atoms with Gasteiger partial charge >= 0.3 is 0 Å². The zero-order chi connectivity index (χ0) is 26.7. The molecule has 1 unspecified atom stereocenters. The molecule has 2 aromatic rings. The van der Waals surface area contributed by atoms with Crippen molar-refractivity contribution in [2.24, 2.45) is 0 Å². The standard InChI is InChI=1S/C26H30ClN3O6S/c1-28(2)37(34,35)21-10-6-19(7-11-21)24(31)22-23(18-4-8-20(27)9-5-18)30(26(33)25(22)32)13-3-12-29-14-16-36-17-15-29/h4-11,23,31H,3,12-17H2,1-2H3. The van der Waals surface area contributed by atoms with Gasteiger partial charge in [-0.05, 0) is 35.4 Å². The van der Waals surface area contributed by atoms with E-state index in [2.05, 4.69) is 0 Å². The zero-order valence-electron chi connectivity index (χ0n) is 20.8. The molecule has 1 atom stereocenters. The number of carbonyl (C=O) groups is 2. The highest BCUT2D eigenvalue weighted by atomic mass is 35.5. The normalized spacial score (nSPS) is 20.6. The number of carbonyl (C=O) groups excluding carboxylic acids is 2. The molecule has 2 aromatic carbocycles. The van der Waals surface area contributed by atoms with E-state index in [1.807, 2.05) is 0 Å². The van der Waals surface area contributed by atoms with Crippen LogP contribution in [0.1, 0.15) is 23.6 Å². The van der Waals surface area contributed by atoms with Gasteiger partial charge in [-0.25, -0.2) is 12.7 Å². The molecular weight excluding hydrogens is 518 g/mol. The maximum absolute atomic E-state index is 13.6. The summed E-state index contributed by atoms with van der Waals surface area (Å²) in [6, 6.07) is 11.3. The maximum atomic E-state index is 13.6. The molecule has 1 amide bonds. The first kappa shape index (κ1) is 27.3. The third-order valence-electron chi connectivity index (χ3n) is 6.74. The molecule has 0 aliphatic carbocycles. The van der Waals surface area contributed by atoms with Gasteiger partial charge in [-0.3, -0.25) is 9.59 Å². The number of sulfonamides is 1.